The topological polar surface area (TPSA) is 29.5 Å². The lowest BCUT2D eigenvalue weighted by Crippen LogP contribution is -2.60. The van der Waals surface area contributed by atoms with E-state index in [0.29, 0.717) is 6.42 Å². The van der Waals surface area contributed by atoms with Crippen molar-refractivity contribution in [2.75, 3.05) is 14.2 Å². The Morgan fingerprint density at radius 2 is 1.77 bits per heavy atom. The van der Waals surface area contributed by atoms with Gasteiger partial charge >= 0.3 is 5.97 Å². The van der Waals surface area contributed by atoms with Gasteiger partial charge in [0.2, 0.25) is 0 Å². The van der Waals surface area contributed by atoms with Crippen LogP contribution in [0.5, 0.6) is 0 Å². The van der Waals surface area contributed by atoms with Gasteiger partial charge < -0.3 is 4.74 Å². The predicted octanol–water partition coefficient (Wildman–Crippen LogP) is 3.40. The van der Waals surface area contributed by atoms with E-state index in [2.05, 4.69) is 55.1 Å². The number of ether oxygens (including phenoxy) is 1. The van der Waals surface area contributed by atoms with E-state index in [4.69, 9.17) is 4.74 Å². The number of nitrogens with zero attached hydrogens (tertiary/aromatic N) is 1. The molecule has 3 nitrogen and oxygen atoms in total. The maximum Gasteiger partial charge on any atom is 0.326 e. The Morgan fingerprint density at radius 3 is 2.32 bits per heavy atom. The molecule has 1 atom stereocenters. The van der Waals surface area contributed by atoms with Gasteiger partial charge in [0.05, 0.1) is 7.11 Å². The number of methoxy groups -OCH3 is 1. The van der Waals surface area contributed by atoms with Gasteiger partial charge in [-0.05, 0) is 40.9 Å². The summed E-state index contributed by atoms with van der Waals surface area (Å²) >= 11 is 0. The van der Waals surface area contributed by atoms with Crippen LogP contribution in [0.4, 0.5) is 0 Å². The van der Waals surface area contributed by atoms with Gasteiger partial charge in [-0.15, -0.1) is 0 Å². The lowest BCUT2D eigenvalue weighted by Gasteiger charge is -2.46. The molecule has 116 valence electrons. The molecule has 2 aromatic rings. The second-order valence-corrected chi connectivity index (χ2v) is 6.57. The molecule has 2 aromatic carbocycles. The molecule has 1 aliphatic heterocycles. The van der Waals surface area contributed by atoms with Gasteiger partial charge in [-0.2, -0.15) is 0 Å². The van der Waals surface area contributed by atoms with E-state index in [1.54, 1.807) is 0 Å². The Bertz CT molecular complexity index is 722. The molecule has 0 spiro atoms. The molecule has 1 heterocycles. The molecule has 0 amide bonds. The fourth-order valence-electron chi connectivity index (χ4n) is 3.75. The number of esters is 1. The van der Waals surface area contributed by atoms with Crippen molar-refractivity contribution in [2.45, 2.75) is 32.4 Å². The zero-order chi connectivity index (χ0) is 15.9. The molecule has 0 radical (unpaired) electrons. The molecule has 0 aliphatic carbocycles. The lowest BCUT2D eigenvalue weighted by molar-refractivity contribution is -0.159. The van der Waals surface area contributed by atoms with Crippen LogP contribution in [0.15, 0.2) is 36.4 Å². The van der Waals surface area contributed by atoms with E-state index in [1.165, 1.54) is 29.0 Å². The van der Waals surface area contributed by atoms with Crippen LogP contribution in [-0.4, -0.2) is 30.6 Å². The summed E-state index contributed by atoms with van der Waals surface area (Å²) in [6, 6.07) is 12.9. The van der Waals surface area contributed by atoms with Crippen molar-refractivity contribution < 1.29 is 9.53 Å². The number of hydrogen-bond donors (Lipinski definition) is 0. The monoisotopic (exact) mass is 297 g/mol. The highest BCUT2D eigenvalue weighted by atomic mass is 16.5. The van der Waals surface area contributed by atoms with E-state index in [1.807, 2.05) is 7.05 Å². The first-order valence-electron chi connectivity index (χ1n) is 7.79. The summed E-state index contributed by atoms with van der Waals surface area (Å²) < 4.78 is 5.15. The average Bonchev–Trinajstić information content (AvgIpc) is 2.51. The summed E-state index contributed by atoms with van der Waals surface area (Å²) in [4.78, 5) is 14.7. The van der Waals surface area contributed by atoms with Crippen LogP contribution in [-0.2, 0) is 22.5 Å². The number of benzene rings is 2. The number of fused-ring (bicyclic) bond motifs is 2. The molecule has 3 rings (SSSR count). The third kappa shape index (κ3) is 2.12. The van der Waals surface area contributed by atoms with Crippen molar-refractivity contribution in [3.8, 4) is 0 Å². The highest BCUT2D eigenvalue weighted by molar-refractivity contribution is 5.86. The molecule has 0 bridgehead atoms. The third-order valence-electron chi connectivity index (χ3n) is 5.11. The SMILES string of the molecule is COC(=O)C1(C(C)C)Cc2cc3ccccc3cc2CN1C. The lowest BCUT2D eigenvalue weighted by atomic mass is 9.75. The van der Waals surface area contributed by atoms with Crippen LogP contribution < -0.4 is 0 Å². The van der Waals surface area contributed by atoms with Crippen LogP contribution in [0.25, 0.3) is 10.8 Å². The number of likely N-dealkylation sites (N-methyl/N-ethyl adjacent to an activating group) is 1. The molecular weight excluding hydrogens is 274 g/mol. The number of carbonyl (C=O) groups excluding carboxylic acids is 1. The van der Waals surface area contributed by atoms with Gasteiger partial charge in [0.25, 0.3) is 0 Å². The molecule has 1 unspecified atom stereocenters. The van der Waals surface area contributed by atoms with Gasteiger partial charge in [-0.3, -0.25) is 9.69 Å². The standard InChI is InChI=1S/C19H23NO2/c1-13(2)19(18(21)22-4)11-16-9-14-7-5-6-8-15(14)10-17(16)12-20(19)3/h5-10,13H,11-12H2,1-4H3. The second kappa shape index (κ2) is 5.40. The highest BCUT2D eigenvalue weighted by Crippen LogP contribution is 2.37. The van der Waals surface area contributed by atoms with E-state index in [0.717, 1.165) is 6.54 Å². The Labute approximate surface area is 131 Å². The van der Waals surface area contributed by atoms with Gasteiger partial charge in [0.15, 0.2) is 0 Å². The first kappa shape index (κ1) is 15.0. The van der Waals surface area contributed by atoms with Gasteiger partial charge in [-0.25, -0.2) is 0 Å². The van der Waals surface area contributed by atoms with E-state index >= 15 is 0 Å². The normalized spacial score (nSPS) is 21.9. The summed E-state index contributed by atoms with van der Waals surface area (Å²) in [6.07, 6.45) is 0.702. The smallest absolute Gasteiger partial charge is 0.326 e. The van der Waals surface area contributed by atoms with Crippen LogP contribution in [0, 0.1) is 5.92 Å². The summed E-state index contributed by atoms with van der Waals surface area (Å²) in [7, 11) is 3.51. The summed E-state index contributed by atoms with van der Waals surface area (Å²) in [5.41, 5.74) is 1.99. The Balaban J connectivity index is 2.14. The largest absolute Gasteiger partial charge is 0.468 e. The fourth-order valence-corrected chi connectivity index (χ4v) is 3.75. The number of hydrogen-bond acceptors (Lipinski definition) is 3. The first-order valence-corrected chi connectivity index (χ1v) is 7.79. The zero-order valence-corrected chi connectivity index (χ0v) is 13.7. The molecule has 1 aliphatic rings. The zero-order valence-electron chi connectivity index (χ0n) is 13.7. The third-order valence-corrected chi connectivity index (χ3v) is 5.11. The molecule has 0 saturated heterocycles. The van der Waals surface area contributed by atoms with Crippen molar-refractivity contribution in [1.82, 2.24) is 4.90 Å². The summed E-state index contributed by atoms with van der Waals surface area (Å²) in [5, 5.41) is 2.48. The molecule has 0 aromatic heterocycles. The van der Waals surface area contributed by atoms with Crippen molar-refractivity contribution in [3.63, 3.8) is 0 Å². The molecule has 3 heteroatoms. The minimum absolute atomic E-state index is 0.135. The summed E-state index contributed by atoms with van der Waals surface area (Å²) in [6.45, 7) is 4.96. The Hall–Kier alpha value is -1.87. The van der Waals surface area contributed by atoms with E-state index in [9.17, 15) is 4.79 Å². The first-order chi connectivity index (χ1) is 10.5. The molecule has 0 N–H and O–H groups in total. The predicted molar refractivity (Wildman–Crippen MR) is 88.7 cm³/mol. The van der Waals surface area contributed by atoms with Gasteiger partial charge in [0.1, 0.15) is 5.54 Å². The van der Waals surface area contributed by atoms with Crippen molar-refractivity contribution in [3.05, 3.63) is 47.5 Å². The Morgan fingerprint density at radius 1 is 1.18 bits per heavy atom. The van der Waals surface area contributed by atoms with Crippen molar-refractivity contribution in [2.24, 2.45) is 5.92 Å². The Kier molecular flexibility index (Phi) is 3.69. The van der Waals surface area contributed by atoms with Crippen LogP contribution in [0.1, 0.15) is 25.0 Å². The number of rotatable bonds is 2. The summed E-state index contributed by atoms with van der Waals surface area (Å²) in [5.74, 6) is 0.0494. The maximum absolute atomic E-state index is 12.6. The molecule has 0 fully saturated rings. The average molecular weight is 297 g/mol. The van der Waals surface area contributed by atoms with Crippen molar-refractivity contribution in [1.29, 1.82) is 0 Å². The van der Waals surface area contributed by atoms with Crippen molar-refractivity contribution >= 4 is 16.7 Å². The van der Waals surface area contributed by atoms with Gasteiger partial charge in [-0.1, -0.05) is 44.2 Å². The second-order valence-electron chi connectivity index (χ2n) is 6.57. The van der Waals surface area contributed by atoms with Gasteiger partial charge in [0, 0.05) is 13.0 Å². The van der Waals surface area contributed by atoms with Crippen LogP contribution >= 0.6 is 0 Å². The van der Waals surface area contributed by atoms with Crippen LogP contribution in [0.2, 0.25) is 0 Å². The quantitative estimate of drug-likeness (QED) is 0.796. The minimum atomic E-state index is -0.579. The molecule has 22 heavy (non-hydrogen) atoms. The minimum Gasteiger partial charge on any atom is -0.468 e. The molecule has 0 saturated carbocycles. The fraction of sp³-hybridized carbons (Fsp3) is 0.421. The van der Waals surface area contributed by atoms with E-state index < -0.39 is 5.54 Å². The molecular formula is C19H23NO2. The maximum atomic E-state index is 12.6. The highest BCUT2D eigenvalue weighted by Gasteiger charge is 2.48. The number of carbonyl (C=O) groups is 1. The van der Waals surface area contributed by atoms with E-state index in [-0.39, 0.29) is 11.9 Å². The van der Waals surface area contributed by atoms with Crippen LogP contribution in [0.3, 0.4) is 0 Å².